The molecule has 1 aromatic carbocycles. The van der Waals surface area contributed by atoms with Gasteiger partial charge in [-0.05, 0) is 38.1 Å². The predicted molar refractivity (Wildman–Crippen MR) is 73.6 cm³/mol. The minimum absolute atomic E-state index is 0.0248. The zero-order chi connectivity index (χ0) is 13.9. The third-order valence-electron chi connectivity index (χ3n) is 3.12. The Kier molecular flexibility index (Phi) is 4.32. The zero-order valence-corrected chi connectivity index (χ0v) is 11.9. The first-order valence-electron chi connectivity index (χ1n) is 6.26. The second-order valence-electron chi connectivity index (χ2n) is 5.15. The van der Waals surface area contributed by atoms with E-state index in [1.54, 1.807) is 24.3 Å². The van der Waals surface area contributed by atoms with Gasteiger partial charge in [0.15, 0.2) is 6.61 Å². The van der Waals surface area contributed by atoms with Crippen molar-refractivity contribution in [1.82, 2.24) is 4.90 Å². The minimum atomic E-state index is -0.279. The third-order valence-corrected chi connectivity index (χ3v) is 3.37. The van der Waals surface area contributed by atoms with E-state index in [1.165, 1.54) is 0 Å². The van der Waals surface area contributed by atoms with Gasteiger partial charge in [0.25, 0.3) is 5.91 Å². The van der Waals surface area contributed by atoms with Gasteiger partial charge >= 0.3 is 0 Å². The van der Waals surface area contributed by atoms with E-state index in [1.807, 2.05) is 18.7 Å². The minimum Gasteiger partial charge on any atom is -0.484 e. The van der Waals surface area contributed by atoms with Crippen molar-refractivity contribution in [3.8, 4) is 5.75 Å². The van der Waals surface area contributed by atoms with Crippen molar-refractivity contribution < 1.29 is 14.3 Å². The summed E-state index contributed by atoms with van der Waals surface area (Å²) in [5, 5.41) is 0.646. The summed E-state index contributed by atoms with van der Waals surface area (Å²) < 4.78 is 10.9. The lowest BCUT2D eigenvalue weighted by Crippen LogP contribution is -2.56. The Bertz CT molecular complexity index is 445. The number of halogens is 1. The van der Waals surface area contributed by atoms with Crippen molar-refractivity contribution in [2.75, 3.05) is 26.4 Å². The van der Waals surface area contributed by atoms with Crippen molar-refractivity contribution in [3.05, 3.63) is 29.3 Å². The van der Waals surface area contributed by atoms with Crippen LogP contribution < -0.4 is 4.74 Å². The van der Waals surface area contributed by atoms with Crippen LogP contribution in [0.1, 0.15) is 13.8 Å². The van der Waals surface area contributed by atoms with Crippen molar-refractivity contribution in [1.29, 1.82) is 0 Å². The standard InChI is InChI=1S/C14H18ClNO3/c1-14(2)10-18-8-7-16(14)13(17)9-19-12-5-3-11(15)4-6-12/h3-6H,7-10H2,1-2H3. The summed E-state index contributed by atoms with van der Waals surface area (Å²) in [6, 6.07) is 6.97. The highest BCUT2D eigenvalue weighted by Crippen LogP contribution is 2.20. The van der Waals surface area contributed by atoms with Crippen LogP contribution in [-0.2, 0) is 9.53 Å². The number of amides is 1. The van der Waals surface area contributed by atoms with Gasteiger partial charge in [-0.15, -0.1) is 0 Å². The first-order valence-corrected chi connectivity index (χ1v) is 6.63. The number of benzene rings is 1. The highest BCUT2D eigenvalue weighted by molar-refractivity contribution is 6.30. The summed E-state index contributed by atoms with van der Waals surface area (Å²) in [7, 11) is 0. The number of carbonyl (C=O) groups excluding carboxylic acids is 1. The number of morpholine rings is 1. The molecule has 1 aromatic rings. The van der Waals surface area contributed by atoms with E-state index in [2.05, 4.69) is 0 Å². The van der Waals surface area contributed by atoms with Crippen LogP contribution in [0, 0.1) is 0 Å². The van der Waals surface area contributed by atoms with Crippen molar-refractivity contribution >= 4 is 17.5 Å². The fourth-order valence-corrected chi connectivity index (χ4v) is 2.20. The number of rotatable bonds is 3. The molecule has 0 unspecified atom stereocenters. The molecule has 1 fully saturated rings. The smallest absolute Gasteiger partial charge is 0.261 e. The Morgan fingerprint density at radius 1 is 1.42 bits per heavy atom. The highest BCUT2D eigenvalue weighted by Gasteiger charge is 2.34. The van der Waals surface area contributed by atoms with Crippen LogP contribution in [0.4, 0.5) is 0 Å². The van der Waals surface area contributed by atoms with E-state index in [0.717, 1.165) is 0 Å². The summed E-state index contributed by atoms with van der Waals surface area (Å²) in [5.41, 5.74) is -0.279. The molecule has 0 saturated carbocycles. The van der Waals surface area contributed by atoms with Crippen LogP contribution in [0.25, 0.3) is 0 Å². The van der Waals surface area contributed by atoms with Gasteiger partial charge < -0.3 is 14.4 Å². The molecule has 0 atom stereocenters. The van der Waals surface area contributed by atoms with Crippen molar-refractivity contribution in [3.63, 3.8) is 0 Å². The second-order valence-corrected chi connectivity index (χ2v) is 5.59. The van der Waals surface area contributed by atoms with E-state index in [0.29, 0.717) is 30.5 Å². The molecule has 4 nitrogen and oxygen atoms in total. The Morgan fingerprint density at radius 3 is 2.74 bits per heavy atom. The van der Waals surface area contributed by atoms with Gasteiger partial charge in [0.1, 0.15) is 5.75 Å². The number of hydrogen-bond acceptors (Lipinski definition) is 3. The normalized spacial score (nSPS) is 18.2. The van der Waals surface area contributed by atoms with E-state index in [-0.39, 0.29) is 18.1 Å². The summed E-state index contributed by atoms with van der Waals surface area (Å²) in [4.78, 5) is 14.0. The van der Waals surface area contributed by atoms with Crippen LogP contribution in [-0.4, -0.2) is 42.7 Å². The Morgan fingerprint density at radius 2 is 2.11 bits per heavy atom. The molecular formula is C14H18ClNO3. The molecule has 1 heterocycles. The van der Waals surface area contributed by atoms with Crippen LogP contribution in [0.5, 0.6) is 5.75 Å². The topological polar surface area (TPSA) is 38.8 Å². The molecule has 1 amide bonds. The molecule has 1 aliphatic heterocycles. The summed E-state index contributed by atoms with van der Waals surface area (Å²) in [6.07, 6.45) is 0. The molecule has 0 radical (unpaired) electrons. The number of nitrogens with zero attached hydrogens (tertiary/aromatic N) is 1. The number of hydrogen-bond donors (Lipinski definition) is 0. The molecular weight excluding hydrogens is 266 g/mol. The van der Waals surface area contributed by atoms with Gasteiger partial charge in [0, 0.05) is 11.6 Å². The summed E-state index contributed by atoms with van der Waals surface area (Å²) in [5.74, 6) is 0.618. The quantitative estimate of drug-likeness (QED) is 0.855. The molecule has 0 N–H and O–H groups in total. The maximum atomic E-state index is 12.2. The van der Waals surface area contributed by atoms with Gasteiger partial charge in [-0.3, -0.25) is 4.79 Å². The van der Waals surface area contributed by atoms with Gasteiger partial charge in [-0.1, -0.05) is 11.6 Å². The Labute approximate surface area is 118 Å². The highest BCUT2D eigenvalue weighted by atomic mass is 35.5. The van der Waals surface area contributed by atoms with E-state index < -0.39 is 0 Å². The maximum absolute atomic E-state index is 12.2. The predicted octanol–water partition coefficient (Wildman–Crippen LogP) is 2.36. The third kappa shape index (κ3) is 3.61. The average Bonchev–Trinajstić information content (AvgIpc) is 2.37. The lowest BCUT2D eigenvalue weighted by molar-refractivity contribution is -0.148. The Balaban J connectivity index is 1.92. The molecule has 0 aliphatic carbocycles. The number of ether oxygens (including phenoxy) is 2. The average molecular weight is 284 g/mol. The second kappa shape index (κ2) is 5.80. The Hall–Kier alpha value is -1.26. The van der Waals surface area contributed by atoms with Crippen molar-refractivity contribution in [2.24, 2.45) is 0 Å². The molecule has 19 heavy (non-hydrogen) atoms. The number of carbonyl (C=O) groups is 1. The van der Waals surface area contributed by atoms with Crippen LogP contribution in [0.15, 0.2) is 24.3 Å². The van der Waals surface area contributed by atoms with Gasteiger partial charge in [0.05, 0.1) is 18.8 Å². The molecule has 2 rings (SSSR count). The first kappa shape index (κ1) is 14.2. The van der Waals surface area contributed by atoms with Crippen molar-refractivity contribution in [2.45, 2.75) is 19.4 Å². The summed E-state index contributed by atoms with van der Waals surface area (Å²) >= 11 is 5.79. The molecule has 1 aliphatic rings. The molecule has 5 heteroatoms. The van der Waals surface area contributed by atoms with Crippen LogP contribution >= 0.6 is 11.6 Å². The summed E-state index contributed by atoms with van der Waals surface area (Å²) in [6.45, 7) is 5.76. The molecule has 0 aromatic heterocycles. The molecule has 0 spiro atoms. The lowest BCUT2D eigenvalue weighted by atomic mass is 10.0. The fraction of sp³-hybridized carbons (Fsp3) is 0.500. The largest absolute Gasteiger partial charge is 0.484 e. The van der Waals surface area contributed by atoms with E-state index in [9.17, 15) is 4.79 Å². The van der Waals surface area contributed by atoms with E-state index in [4.69, 9.17) is 21.1 Å². The van der Waals surface area contributed by atoms with Gasteiger partial charge in [-0.2, -0.15) is 0 Å². The molecule has 1 saturated heterocycles. The van der Waals surface area contributed by atoms with Gasteiger partial charge in [-0.25, -0.2) is 0 Å². The lowest BCUT2D eigenvalue weighted by Gasteiger charge is -2.42. The van der Waals surface area contributed by atoms with Crippen LogP contribution in [0.2, 0.25) is 5.02 Å². The monoisotopic (exact) mass is 283 g/mol. The molecule has 104 valence electrons. The zero-order valence-electron chi connectivity index (χ0n) is 11.2. The first-order chi connectivity index (χ1) is 8.99. The molecule has 0 bridgehead atoms. The van der Waals surface area contributed by atoms with E-state index >= 15 is 0 Å². The fourth-order valence-electron chi connectivity index (χ4n) is 2.07. The maximum Gasteiger partial charge on any atom is 0.261 e. The SMILES string of the molecule is CC1(C)COCCN1C(=O)COc1ccc(Cl)cc1. The van der Waals surface area contributed by atoms with Gasteiger partial charge in [0.2, 0.25) is 0 Å². The van der Waals surface area contributed by atoms with Crippen LogP contribution in [0.3, 0.4) is 0 Å².